The van der Waals surface area contributed by atoms with Crippen molar-refractivity contribution in [2.75, 3.05) is 0 Å². The fourth-order valence-corrected chi connectivity index (χ4v) is 1.49. The fourth-order valence-electron chi connectivity index (χ4n) is 1.49. The van der Waals surface area contributed by atoms with Crippen LogP contribution < -0.4 is 11.1 Å². The van der Waals surface area contributed by atoms with E-state index in [1.165, 1.54) is 6.39 Å². The molecule has 0 fully saturated rings. The fraction of sp³-hybridized carbons (Fsp3) is 0.182. The first-order chi connectivity index (χ1) is 8.27. The van der Waals surface area contributed by atoms with Crippen molar-refractivity contribution >= 4 is 5.91 Å². The summed E-state index contributed by atoms with van der Waals surface area (Å²) < 4.78 is 4.60. The van der Waals surface area contributed by atoms with Gasteiger partial charge in [-0.05, 0) is 11.6 Å². The minimum absolute atomic E-state index is 0.429. The molecule has 1 aromatic carbocycles. The van der Waals surface area contributed by atoms with Gasteiger partial charge in [0.2, 0.25) is 12.3 Å². The van der Waals surface area contributed by atoms with Crippen molar-refractivity contribution < 1.29 is 9.32 Å². The second-order valence-electron chi connectivity index (χ2n) is 3.47. The van der Waals surface area contributed by atoms with Crippen molar-refractivity contribution in [3.8, 4) is 0 Å². The molecule has 3 N–H and O–H groups in total. The molecule has 0 saturated carbocycles. The van der Waals surface area contributed by atoms with Crippen LogP contribution in [0.25, 0.3) is 0 Å². The first-order valence-corrected chi connectivity index (χ1v) is 5.11. The summed E-state index contributed by atoms with van der Waals surface area (Å²) in [6, 6.07) is 7.19. The van der Waals surface area contributed by atoms with Crippen LogP contribution >= 0.6 is 0 Å². The molecular weight excluding hydrogens is 220 g/mol. The van der Waals surface area contributed by atoms with Crippen LogP contribution in [0, 0.1) is 0 Å². The number of primary amides is 1. The smallest absolute Gasteiger partial charge is 0.249 e. The molecule has 0 aliphatic heterocycles. The van der Waals surface area contributed by atoms with Crippen LogP contribution in [0.1, 0.15) is 21.7 Å². The van der Waals surface area contributed by atoms with E-state index >= 15 is 0 Å². The minimum Gasteiger partial charge on any atom is -0.366 e. The SMILES string of the molecule is NC(=O)c1ccccc1CNCc1ncon1. The van der Waals surface area contributed by atoms with Crippen LogP contribution in [-0.2, 0) is 13.1 Å². The van der Waals surface area contributed by atoms with Gasteiger partial charge in [0.05, 0.1) is 6.54 Å². The first kappa shape index (κ1) is 11.3. The van der Waals surface area contributed by atoms with Gasteiger partial charge in [0.15, 0.2) is 5.82 Å². The summed E-state index contributed by atoms with van der Waals surface area (Å²) >= 11 is 0. The number of amides is 1. The lowest BCUT2D eigenvalue weighted by Crippen LogP contribution is -2.19. The average molecular weight is 232 g/mol. The van der Waals surface area contributed by atoms with Gasteiger partial charge in [-0.1, -0.05) is 23.4 Å². The van der Waals surface area contributed by atoms with Gasteiger partial charge in [0.25, 0.3) is 0 Å². The topological polar surface area (TPSA) is 94.0 Å². The number of nitrogens with one attached hydrogen (secondary N) is 1. The van der Waals surface area contributed by atoms with E-state index in [0.717, 1.165) is 5.56 Å². The molecule has 2 aromatic rings. The molecule has 1 heterocycles. The standard InChI is InChI=1S/C11H12N4O2/c12-11(16)9-4-2-1-3-8(9)5-13-6-10-14-7-17-15-10/h1-4,7,13H,5-6H2,(H2,12,16). The van der Waals surface area contributed by atoms with E-state index in [-0.39, 0.29) is 0 Å². The van der Waals surface area contributed by atoms with Crippen LogP contribution in [0.5, 0.6) is 0 Å². The zero-order valence-electron chi connectivity index (χ0n) is 9.09. The Kier molecular flexibility index (Phi) is 3.46. The third-order valence-electron chi connectivity index (χ3n) is 2.29. The van der Waals surface area contributed by atoms with Gasteiger partial charge in [0.1, 0.15) is 0 Å². The van der Waals surface area contributed by atoms with Gasteiger partial charge >= 0.3 is 0 Å². The second kappa shape index (κ2) is 5.22. The largest absolute Gasteiger partial charge is 0.366 e. The Bertz CT molecular complexity index is 496. The molecule has 0 atom stereocenters. The molecule has 17 heavy (non-hydrogen) atoms. The molecule has 0 aliphatic carbocycles. The molecule has 88 valence electrons. The van der Waals surface area contributed by atoms with Gasteiger partial charge in [-0.2, -0.15) is 4.98 Å². The van der Waals surface area contributed by atoms with E-state index in [1.807, 2.05) is 12.1 Å². The maximum absolute atomic E-state index is 11.2. The number of rotatable bonds is 5. The van der Waals surface area contributed by atoms with Gasteiger partial charge in [-0.25, -0.2) is 0 Å². The number of benzene rings is 1. The van der Waals surface area contributed by atoms with Crippen LogP contribution in [0.15, 0.2) is 35.2 Å². The molecule has 0 bridgehead atoms. The number of carbonyl (C=O) groups excluding carboxylic acids is 1. The van der Waals surface area contributed by atoms with Crippen molar-refractivity contribution in [2.24, 2.45) is 5.73 Å². The van der Waals surface area contributed by atoms with Gasteiger partial charge in [-0.3, -0.25) is 4.79 Å². The summed E-state index contributed by atoms with van der Waals surface area (Å²) in [7, 11) is 0. The highest BCUT2D eigenvalue weighted by atomic mass is 16.5. The molecule has 0 saturated heterocycles. The Morgan fingerprint density at radius 3 is 2.88 bits per heavy atom. The van der Waals surface area contributed by atoms with E-state index in [9.17, 15) is 4.79 Å². The van der Waals surface area contributed by atoms with E-state index < -0.39 is 5.91 Å². The van der Waals surface area contributed by atoms with Gasteiger partial charge < -0.3 is 15.6 Å². The molecule has 0 spiro atoms. The van der Waals surface area contributed by atoms with Gasteiger partial charge in [0, 0.05) is 12.1 Å². The number of hydrogen-bond acceptors (Lipinski definition) is 5. The summed E-state index contributed by atoms with van der Waals surface area (Å²) in [5.41, 5.74) is 6.65. The van der Waals surface area contributed by atoms with E-state index in [2.05, 4.69) is 20.0 Å². The number of hydrogen-bond donors (Lipinski definition) is 2. The normalized spacial score (nSPS) is 10.4. The van der Waals surface area contributed by atoms with Crippen molar-refractivity contribution in [3.05, 3.63) is 47.6 Å². The van der Waals surface area contributed by atoms with Crippen LogP contribution in [0.4, 0.5) is 0 Å². The third kappa shape index (κ3) is 2.88. The lowest BCUT2D eigenvalue weighted by atomic mass is 10.1. The summed E-state index contributed by atoms with van der Waals surface area (Å²) in [6.07, 6.45) is 1.27. The highest BCUT2D eigenvalue weighted by Gasteiger charge is 2.06. The average Bonchev–Trinajstić information content (AvgIpc) is 2.82. The molecule has 1 aromatic heterocycles. The third-order valence-corrected chi connectivity index (χ3v) is 2.29. The van der Waals surface area contributed by atoms with E-state index in [0.29, 0.717) is 24.5 Å². The Balaban J connectivity index is 1.97. The summed E-state index contributed by atoms with van der Waals surface area (Å²) in [4.78, 5) is 15.0. The highest BCUT2D eigenvalue weighted by Crippen LogP contribution is 2.07. The molecule has 6 nitrogen and oxygen atoms in total. The van der Waals surface area contributed by atoms with Crippen LogP contribution in [0.2, 0.25) is 0 Å². The van der Waals surface area contributed by atoms with Crippen molar-refractivity contribution in [1.29, 1.82) is 0 Å². The predicted octanol–water partition coefficient (Wildman–Crippen LogP) is 0.458. The predicted molar refractivity (Wildman–Crippen MR) is 59.8 cm³/mol. The second-order valence-corrected chi connectivity index (χ2v) is 3.47. The van der Waals surface area contributed by atoms with E-state index in [1.54, 1.807) is 12.1 Å². The van der Waals surface area contributed by atoms with E-state index in [4.69, 9.17) is 5.73 Å². The number of nitrogens with two attached hydrogens (primary N) is 1. The molecule has 6 heteroatoms. The molecule has 0 aliphatic rings. The lowest BCUT2D eigenvalue weighted by molar-refractivity contribution is 0.0999. The molecule has 1 amide bonds. The zero-order valence-corrected chi connectivity index (χ0v) is 9.09. The molecule has 0 unspecified atom stereocenters. The summed E-state index contributed by atoms with van der Waals surface area (Å²) in [5.74, 6) is 0.142. The maximum atomic E-state index is 11.2. The van der Waals surface area contributed by atoms with Crippen molar-refractivity contribution in [3.63, 3.8) is 0 Å². The van der Waals surface area contributed by atoms with Crippen LogP contribution in [-0.4, -0.2) is 16.0 Å². The van der Waals surface area contributed by atoms with Crippen LogP contribution in [0.3, 0.4) is 0 Å². The number of aromatic nitrogens is 2. The maximum Gasteiger partial charge on any atom is 0.249 e. The lowest BCUT2D eigenvalue weighted by Gasteiger charge is -2.06. The summed E-state index contributed by atoms with van der Waals surface area (Å²) in [5, 5.41) is 6.77. The molecule has 2 rings (SSSR count). The molecular formula is C11H12N4O2. The monoisotopic (exact) mass is 232 g/mol. The van der Waals surface area contributed by atoms with Crippen molar-refractivity contribution in [1.82, 2.24) is 15.5 Å². The highest BCUT2D eigenvalue weighted by molar-refractivity contribution is 5.94. The zero-order chi connectivity index (χ0) is 12.1. The first-order valence-electron chi connectivity index (χ1n) is 5.11. The minimum atomic E-state index is -0.429. The van der Waals surface area contributed by atoms with Crippen molar-refractivity contribution in [2.45, 2.75) is 13.1 Å². The van der Waals surface area contributed by atoms with Gasteiger partial charge in [-0.15, -0.1) is 0 Å². The Morgan fingerprint density at radius 2 is 2.18 bits per heavy atom. The Morgan fingerprint density at radius 1 is 1.35 bits per heavy atom. The Labute approximate surface area is 97.8 Å². The Hall–Kier alpha value is -2.21. The number of nitrogens with zero attached hydrogens (tertiary/aromatic N) is 2. The summed E-state index contributed by atoms with van der Waals surface area (Å²) in [6.45, 7) is 0.997. The molecule has 0 radical (unpaired) electrons. The quantitative estimate of drug-likeness (QED) is 0.780. The number of carbonyl (C=O) groups is 1.